The molecule has 0 aliphatic carbocycles. The zero-order valence-electron chi connectivity index (χ0n) is 10.4. The summed E-state index contributed by atoms with van der Waals surface area (Å²) >= 11 is 6.00. The van der Waals surface area contributed by atoms with Gasteiger partial charge in [0, 0.05) is 5.56 Å². The van der Waals surface area contributed by atoms with Gasteiger partial charge in [0.2, 0.25) is 0 Å². The van der Waals surface area contributed by atoms with E-state index in [-0.39, 0.29) is 19.1 Å². The van der Waals surface area contributed by atoms with Gasteiger partial charge in [0.05, 0.1) is 17.2 Å². The summed E-state index contributed by atoms with van der Waals surface area (Å²) in [6, 6.07) is 5.19. The first-order valence-corrected chi connectivity index (χ1v) is 5.99. The summed E-state index contributed by atoms with van der Waals surface area (Å²) < 4.78 is 5.54. The second-order valence-corrected chi connectivity index (χ2v) is 5.09. The molecule has 0 aliphatic rings. The van der Waals surface area contributed by atoms with Crippen molar-refractivity contribution in [3.05, 3.63) is 28.8 Å². The number of rotatable bonds is 5. The molecule has 0 radical (unpaired) electrons. The number of ether oxygens (including phenoxy) is 1. The molecule has 1 aromatic rings. The number of aliphatic hydroxyl groups is 2. The largest absolute Gasteiger partial charge is 0.489 e. The van der Waals surface area contributed by atoms with Crippen LogP contribution in [0.1, 0.15) is 26.3 Å². The Morgan fingerprint density at radius 3 is 2.59 bits per heavy atom. The van der Waals surface area contributed by atoms with Gasteiger partial charge in [-0.3, -0.25) is 0 Å². The van der Waals surface area contributed by atoms with E-state index in [1.54, 1.807) is 25.1 Å². The van der Waals surface area contributed by atoms with E-state index in [4.69, 9.17) is 16.3 Å². The van der Waals surface area contributed by atoms with Crippen LogP contribution >= 0.6 is 11.6 Å². The first-order valence-electron chi connectivity index (χ1n) is 5.62. The first-order chi connectivity index (χ1) is 7.88. The van der Waals surface area contributed by atoms with Gasteiger partial charge in [-0.2, -0.15) is 0 Å². The molecular weight excluding hydrogens is 240 g/mol. The summed E-state index contributed by atoms with van der Waals surface area (Å²) in [6.45, 7) is 5.56. The van der Waals surface area contributed by atoms with Crippen LogP contribution in [0.3, 0.4) is 0 Å². The highest BCUT2D eigenvalue weighted by molar-refractivity contribution is 6.32. The van der Waals surface area contributed by atoms with Crippen LogP contribution in [0.2, 0.25) is 5.02 Å². The van der Waals surface area contributed by atoms with Crippen molar-refractivity contribution in [2.45, 2.75) is 33.0 Å². The molecule has 1 atom stereocenters. The number of aliphatic hydroxyl groups excluding tert-OH is 1. The van der Waals surface area contributed by atoms with Gasteiger partial charge in [0.15, 0.2) is 0 Å². The molecule has 1 unspecified atom stereocenters. The highest BCUT2D eigenvalue weighted by atomic mass is 35.5. The van der Waals surface area contributed by atoms with Crippen LogP contribution in [-0.4, -0.2) is 22.4 Å². The van der Waals surface area contributed by atoms with Crippen molar-refractivity contribution >= 4 is 11.6 Å². The fourth-order valence-corrected chi connectivity index (χ4v) is 1.47. The van der Waals surface area contributed by atoms with Gasteiger partial charge in [0.1, 0.15) is 12.4 Å². The maximum absolute atomic E-state index is 10.1. The molecular formula is C13H19ClO3. The maximum Gasteiger partial charge on any atom is 0.143 e. The molecule has 0 aliphatic heterocycles. The van der Waals surface area contributed by atoms with Crippen LogP contribution in [0.4, 0.5) is 0 Å². The summed E-state index contributed by atoms with van der Waals surface area (Å²) in [7, 11) is 0. The first kappa shape index (κ1) is 14.3. The van der Waals surface area contributed by atoms with Crippen molar-refractivity contribution in [1.82, 2.24) is 0 Å². The van der Waals surface area contributed by atoms with Crippen LogP contribution < -0.4 is 4.74 Å². The zero-order chi connectivity index (χ0) is 13.1. The molecule has 1 rings (SSSR count). The maximum atomic E-state index is 10.1. The molecule has 0 aromatic heterocycles. The van der Waals surface area contributed by atoms with Crippen LogP contribution in [0.5, 0.6) is 5.75 Å². The standard InChI is InChI=1S/C13H19ClO3/c1-9(2)13(3,16)8-17-12-10(7-15)5-4-6-11(12)14/h4-6,9,15-16H,7-8H2,1-3H3. The molecule has 0 amide bonds. The van der Waals surface area contributed by atoms with Gasteiger partial charge in [-0.05, 0) is 18.9 Å². The van der Waals surface area contributed by atoms with Crippen molar-refractivity contribution in [2.75, 3.05) is 6.61 Å². The minimum atomic E-state index is -0.925. The van der Waals surface area contributed by atoms with Gasteiger partial charge < -0.3 is 14.9 Å². The van der Waals surface area contributed by atoms with Crippen molar-refractivity contribution in [1.29, 1.82) is 0 Å². The van der Waals surface area contributed by atoms with Crippen LogP contribution in [0, 0.1) is 5.92 Å². The molecule has 0 saturated carbocycles. The smallest absolute Gasteiger partial charge is 0.143 e. The number of hydrogen-bond donors (Lipinski definition) is 2. The van der Waals surface area contributed by atoms with E-state index in [9.17, 15) is 10.2 Å². The Morgan fingerprint density at radius 2 is 2.06 bits per heavy atom. The van der Waals surface area contributed by atoms with Gasteiger partial charge in [0.25, 0.3) is 0 Å². The van der Waals surface area contributed by atoms with Crippen molar-refractivity contribution in [3.8, 4) is 5.75 Å². The van der Waals surface area contributed by atoms with E-state index in [1.165, 1.54) is 0 Å². The summed E-state index contributed by atoms with van der Waals surface area (Å²) in [4.78, 5) is 0. The summed E-state index contributed by atoms with van der Waals surface area (Å²) in [6.07, 6.45) is 0. The normalized spacial score (nSPS) is 14.8. The fraction of sp³-hybridized carbons (Fsp3) is 0.538. The zero-order valence-corrected chi connectivity index (χ0v) is 11.2. The molecule has 17 heavy (non-hydrogen) atoms. The topological polar surface area (TPSA) is 49.7 Å². The Kier molecular flexibility index (Phi) is 4.80. The summed E-state index contributed by atoms with van der Waals surface area (Å²) in [5.74, 6) is 0.514. The van der Waals surface area contributed by atoms with Crippen molar-refractivity contribution < 1.29 is 14.9 Å². The van der Waals surface area contributed by atoms with Gasteiger partial charge in [-0.15, -0.1) is 0 Å². The molecule has 4 heteroatoms. The molecule has 3 nitrogen and oxygen atoms in total. The van der Waals surface area contributed by atoms with E-state index >= 15 is 0 Å². The quantitative estimate of drug-likeness (QED) is 0.854. The number of hydrogen-bond acceptors (Lipinski definition) is 3. The molecule has 0 saturated heterocycles. The Hall–Kier alpha value is -0.770. The molecule has 96 valence electrons. The lowest BCUT2D eigenvalue weighted by molar-refractivity contribution is -0.0270. The van der Waals surface area contributed by atoms with E-state index in [2.05, 4.69) is 0 Å². The van der Waals surface area contributed by atoms with Gasteiger partial charge in [-0.1, -0.05) is 37.6 Å². The average Bonchev–Trinajstić information content (AvgIpc) is 2.26. The minimum Gasteiger partial charge on any atom is -0.489 e. The lowest BCUT2D eigenvalue weighted by Gasteiger charge is -2.28. The summed E-state index contributed by atoms with van der Waals surface area (Å²) in [5.41, 5.74) is -0.302. The summed E-state index contributed by atoms with van der Waals surface area (Å²) in [5, 5.41) is 19.7. The van der Waals surface area contributed by atoms with Crippen LogP contribution in [-0.2, 0) is 6.61 Å². The number of halogens is 1. The molecule has 0 heterocycles. The van der Waals surface area contributed by atoms with Crippen LogP contribution in [0.25, 0.3) is 0 Å². The Labute approximate surface area is 107 Å². The minimum absolute atomic E-state index is 0.0718. The fourth-order valence-electron chi connectivity index (χ4n) is 1.22. The van der Waals surface area contributed by atoms with E-state index in [0.29, 0.717) is 16.3 Å². The molecule has 0 fully saturated rings. The Bertz CT molecular complexity index is 375. The van der Waals surface area contributed by atoms with Crippen molar-refractivity contribution in [2.24, 2.45) is 5.92 Å². The molecule has 0 bridgehead atoms. The third kappa shape index (κ3) is 3.60. The third-order valence-electron chi connectivity index (χ3n) is 2.97. The number of para-hydroxylation sites is 1. The van der Waals surface area contributed by atoms with E-state index < -0.39 is 5.60 Å². The predicted octanol–water partition coefficient (Wildman–Crippen LogP) is 2.62. The molecule has 2 N–H and O–H groups in total. The molecule has 1 aromatic carbocycles. The van der Waals surface area contributed by atoms with E-state index in [0.717, 1.165) is 0 Å². The number of benzene rings is 1. The second kappa shape index (κ2) is 5.71. The lowest BCUT2D eigenvalue weighted by Crippen LogP contribution is -2.38. The Balaban J connectivity index is 2.82. The van der Waals surface area contributed by atoms with Gasteiger partial charge >= 0.3 is 0 Å². The Morgan fingerprint density at radius 1 is 1.41 bits per heavy atom. The lowest BCUT2D eigenvalue weighted by atomic mass is 9.94. The highest BCUT2D eigenvalue weighted by Gasteiger charge is 2.26. The van der Waals surface area contributed by atoms with Crippen LogP contribution in [0.15, 0.2) is 18.2 Å². The van der Waals surface area contributed by atoms with E-state index in [1.807, 2.05) is 13.8 Å². The monoisotopic (exact) mass is 258 g/mol. The SMILES string of the molecule is CC(C)C(C)(O)COc1c(Cl)cccc1CO. The predicted molar refractivity (Wildman–Crippen MR) is 68.3 cm³/mol. The third-order valence-corrected chi connectivity index (χ3v) is 3.27. The second-order valence-electron chi connectivity index (χ2n) is 4.69. The van der Waals surface area contributed by atoms with Gasteiger partial charge in [-0.25, -0.2) is 0 Å². The van der Waals surface area contributed by atoms with Crippen molar-refractivity contribution in [3.63, 3.8) is 0 Å². The highest BCUT2D eigenvalue weighted by Crippen LogP contribution is 2.30. The molecule has 0 spiro atoms. The average molecular weight is 259 g/mol.